The molecular weight excluding hydrogens is 1130 g/mol. The summed E-state index contributed by atoms with van der Waals surface area (Å²) in [4.78, 5) is 93.8. The van der Waals surface area contributed by atoms with Crippen molar-refractivity contribution in [3.8, 4) is 0 Å². The van der Waals surface area contributed by atoms with E-state index in [-0.39, 0.29) is 119 Å². The molecule has 9 heterocycles. The number of carbonyl (C=O) groups is 7. The first kappa shape index (κ1) is 71.0. The molecule has 2 aliphatic carbocycles. The Labute approximate surface area is 517 Å². The number of likely N-dealkylation sites (tertiary alicyclic amines) is 2. The van der Waals surface area contributed by atoms with Crippen molar-refractivity contribution >= 4 is 54.3 Å². The highest BCUT2D eigenvalue weighted by atomic mass is 35.5. The number of nitrogens with two attached hydrogens (primary N) is 1. The smallest absolute Gasteiger partial charge is 0.410 e. The first-order chi connectivity index (χ1) is 40.9. The Hall–Kier alpha value is -4.10. The van der Waals surface area contributed by atoms with E-state index in [4.69, 9.17) is 43.6 Å². The predicted octanol–water partition coefficient (Wildman–Crippen LogP) is 6.23. The van der Waals surface area contributed by atoms with Crippen LogP contribution in [0.4, 0.5) is 14.4 Å². The number of hydrogen-bond acceptors (Lipinski definition) is 19. The van der Waals surface area contributed by atoms with Gasteiger partial charge < -0.3 is 64.1 Å². The fourth-order valence-electron chi connectivity index (χ4n) is 14.2. The van der Waals surface area contributed by atoms with Gasteiger partial charge in [-0.15, -0.1) is 12.4 Å². The molecule has 23 nitrogen and oxygen atoms in total. The van der Waals surface area contributed by atoms with E-state index in [1.54, 1.807) is 11.8 Å². The zero-order chi connectivity index (χ0) is 61.1. The van der Waals surface area contributed by atoms with Crippen LogP contribution in [0.25, 0.3) is 0 Å². The Kier molecular flexibility index (Phi) is 28.7. The summed E-state index contributed by atoms with van der Waals surface area (Å²) in [6.07, 6.45) is 16.5. The highest BCUT2D eigenvalue weighted by Gasteiger charge is 2.47. The molecule has 11 rings (SSSR count). The first-order valence-corrected chi connectivity index (χ1v) is 32.6. The Morgan fingerprint density at radius 1 is 0.500 bits per heavy atom. The molecule has 24 heteroatoms. The van der Waals surface area contributed by atoms with E-state index in [1.807, 2.05) is 37.5 Å². The molecule has 0 spiro atoms. The van der Waals surface area contributed by atoms with E-state index in [0.717, 1.165) is 116 Å². The van der Waals surface area contributed by atoms with Crippen LogP contribution in [0.3, 0.4) is 0 Å². The topological polar surface area (TPSA) is 260 Å². The predicted molar refractivity (Wildman–Crippen MR) is 324 cm³/mol. The highest BCUT2D eigenvalue weighted by molar-refractivity contribution is 5.85. The first-order valence-electron chi connectivity index (χ1n) is 32.6. The van der Waals surface area contributed by atoms with Gasteiger partial charge in [0.15, 0.2) is 0 Å². The van der Waals surface area contributed by atoms with Crippen LogP contribution in [-0.4, -0.2) is 238 Å². The van der Waals surface area contributed by atoms with Crippen molar-refractivity contribution in [2.75, 3.05) is 112 Å². The zero-order valence-corrected chi connectivity index (χ0v) is 53.8. The Morgan fingerprint density at radius 3 is 1.15 bits per heavy atom. The Bertz CT molecular complexity index is 2110. The molecule has 4 N–H and O–H groups in total. The number of esters is 2. The van der Waals surface area contributed by atoms with E-state index in [1.165, 1.54) is 25.7 Å². The van der Waals surface area contributed by atoms with E-state index < -0.39 is 0 Å². The lowest BCUT2D eigenvalue weighted by molar-refractivity contribution is -0.150. The lowest BCUT2D eigenvalue weighted by atomic mass is 9.78. The number of Topliss-reactive ketones (excluding diaryl/α,β-unsaturated/α-hetero) is 1. The summed E-state index contributed by atoms with van der Waals surface area (Å²) in [5.74, 6) is 0.739. The van der Waals surface area contributed by atoms with Crippen LogP contribution in [0, 0.1) is 17.8 Å². The number of piperidine rings is 6. The van der Waals surface area contributed by atoms with Crippen LogP contribution in [-0.2, 0) is 57.1 Å². The number of halogens is 1. The summed E-state index contributed by atoms with van der Waals surface area (Å²) < 4.78 is 42.3. The van der Waals surface area contributed by atoms with Gasteiger partial charge in [0.1, 0.15) is 5.78 Å². The molecule has 11 aliphatic rings. The average molecular weight is 1240 g/mol. The minimum absolute atomic E-state index is 0. The van der Waals surface area contributed by atoms with Crippen LogP contribution < -0.4 is 16.4 Å². The quantitative estimate of drug-likeness (QED) is 0.153. The van der Waals surface area contributed by atoms with Gasteiger partial charge >= 0.3 is 30.2 Å². The lowest BCUT2D eigenvalue weighted by Crippen LogP contribution is -2.63. The number of nitrogens with one attached hydrogen (secondary N) is 2. The van der Waals surface area contributed by atoms with Gasteiger partial charge in [0.05, 0.1) is 121 Å². The summed E-state index contributed by atoms with van der Waals surface area (Å²) >= 11 is 0. The molecule has 6 atom stereocenters. The molecule has 0 radical (unpaired) electrons. The van der Waals surface area contributed by atoms with Crippen molar-refractivity contribution < 1.29 is 71.5 Å². The SMILES string of the molecule is CC1(N)CCC1.CCOC(=O)C1CCN(C2CC3COCC(C2)N3C(=O)OCC)CC1.CCOC(=O)C1CCNCC1.CCOC(=O)N1C2COCC1CC(=O)C2.CCOC(=O)N1C2COCC1CC(N1CCC(C(=O)NC3(C)CCC3)CC1)C2.Cl. The Balaban J connectivity index is 0.000000185. The molecule has 0 aromatic carbocycles. The van der Waals surface area contributed by atoms with Gasteiger partial charge in [0.25, 0.3) is 0 Å². The third kappa shape index (κ3) is 19.9. The molecule has 11 fully saturated rings. The summed E-state index contributed by atoms with van der Waals surface area (Å²) in [6.45, 7) is 24.5. The average Bonchev–Trinajstić information content (AvgIpc) is 1.14. The standard InChI is InChI=1S/C21H35N3O4.C18H30N2O5.C10H15NO4.C8H15NO2.C5H11N.ClH/c1-3-28-20(26)24-17-11-16(12-18(24)14-27-13-17)23-9-5-15(6-10-23)19(25)22-21(2)7-4-8-21;1-3-24-17(21)13-5-7-19(8-6-13)14-9-15-11-23-12-16(10-14)20(15)18(22)25-4-2;1-2-15-10(13)11-7-3-9(12)4-8(11)6-14-5-7;1-2-11-8(10)7-3-5-9-6-4-7;1-5(6)3-2-4-5;/h15-18H,3-14H2,1-2H3,(H,22,25);13-16H,3-12H2,1-2H3;7-8H,2-6H2,1H3;7,9H,2-6H2,1H3;2-4,6H2,1H3;1H. The third-order valence-electron chi connectivity index (χ3n) is 19.2. The van der Waals surface area contributed by atoms with Crippen LogP contribution in [0.1, 0.15) is 164 Å². The minimum Gasteiger partial charge on any atom is -0.466 e. The molecule has 0 aromatic heterocycles. The number of ketones is 1. The van der Waals surface area contributed by atoms with Gasteiger partial charge in [0, 0.05) is 41.9 Å². The molecular formula is C62H107ClN8O15. The van der Waals surface area contributed by atoms with Crippen molar-refractivity contribution in [3.05, 3.63) is 0 Å². The number of ether oxygens (including phenoxy) is 8. The van der Waals surface area contributed by atoms with E-state index in [2.05, 4.69) is 34.3 Å². The largest absolute Gasteiger partial charge is 0.466 e. The number of nitrogens with zero attached hydrogens (tertiary/aromatic N) is 5. The molecule has 9 saturated heterocycles. The molecule has 6 unspecified atom stereocenters. The number of rotatable bonds is 11. The maximum absolute atomic E-state index is 12.6. The van der Waals surface area contributed by atoms with Crippen molar-refractivity contribution in [2.45, 2.75) is 223 Å². The molecule has 6 bridgehead atoms. The van der Waals surface area contributed by atoms with Crippen molar-refractivity contribution in [2.24, 2.45) is 23.5 Å². The zero-order valence-electron chi connectivity index (χ0n) is 52.9. The van der Waals surface area contributed by atoms with Crippen molar-refractivity contribution in [1.29, 1.82) is 0 Å². The van der Waals surface area contributed by atoms with Gasteiger partial charge in [-0.2, -0.15) is 0 Å². The molecule has 86 heavy (non-hydrogen) atoms. The van der Waals surface area contributed by atoms with E-state index in [9.17, 15) is 33.6 Å². The monoisotopic (exact) mass is 1240 g/mol. The second-order valence-electron chi connectivity index (χ2n) is 25.6. The van der Waals surface area contributed by atoms with Crippen LogP contribution >= 0.6 is 12.4 Å². The Morgan fingerprint density at radius 2 is 0.826 bits per heavy atom. The number of hydrogen-bond donors (Lipinski definition) is 3. The molecule has 9 aliphatic heterocycles. The van der Waals surface area contributed by atoms with Gasteiger partial charge in [0.2, 0.25) is 5.91 Å². The second-order valence-corrected chi connectivity index (χ2v) is 25.6. The maximum atomic E-state index is 12.6. The molecule has 4 amide bonds. The minimum atomic E-state index is -0.316. The summed E-state index contributed by atoms with van der Waals surface area (Å²) in [7, 11) is 0. The molecule has 0 aromatic rings. The van der Waals surface area contributed by atoms with Crippen LogP contribution in [0.5, 0.6) is 0 Å². The summed E-state index contributed by atoms with van der Waals surface area (Å²) in [6, 6.07) is 1.09. The van der Waals surface area contributed by atoms with Crippen LogP contribution in [0.15, 0.2) is 0 Å². The lowest BCUT2D eigenvalue weighted by Gasteiger charge is -2.51. The number of morpholine rings is 3. The van der Waals surface area contributed by atoms with Crippen molar-refractivity contribution in [1.82, 2.24) is 35.1 Å². The van der Waals surface area contributed by atoms with Crippen LogP contribution in [0.2, 0.25) is 0 Å². The van der Waals surface area contributed by atoms with Crippen molar-refractivity contribution in [3.63, 3.8) is 0 Å². The second kappa shape index (κ2) is 34.8. The normalized spacial score (nSPS) is 29.5. The van der Waals surface area contributed by atoms with E-state index >= 15 is 0 Å². The van der Waals surface area contributed by atoms with Gasteiger partial charge in [-0.05, 0) is 190 Å². The number of amides is 4. The summed E-state index contributed by atoms with van der Waals surface area (Å²) in [5, 5.41) is 6.49. The number of carbonyl (C=O) groups excluding carboxylic acids is 7. The molecule has 492 valence electrons. The highest BCUT2D eigenvalue weighted by Crippen LogP contribution is 2.37. The fourth-order valence-corrected chi connectivity index (χ4v) is 14.2. The maximum Gasteiger partial charge on any atom is 0.410 e. The molecule has 2 saturated carbocycles. The summed E-state index contributed by atoms with van der Waals surface area (Å²) in [5.41, 5.74) is 5.89. The van der Waals surface area contributed by atoms with Gasteiger partial charge in [-0.25, -0.2) is 14.4 Å². The van der Waals surface area contributed by atoms with Gasteiger partial charge in [-0.1, -0.05) is 0 Å². The number of fused-ring (bicyclic) bond motifs is 6. The fraction of sp³-hybridized carbons (Fsp3) is 0.887. The third-order valence-corrected chi connectivity index (χ3v) is 19.2. The van der Waals surface area contributed by atoms with E-state index in [0.29, 0.717) is 97.6 Å². The van der Waals surface area contributed by atoms with Gasteiger partial charge in [-0.3, -0.25) is 33.9 Å².